The fourth-order valence-electron chi connectivity index (χ4n) is 1.84. The summed E-state index contributed by atoms with van der Waals surface area (Å²) in [6.45, 7) is 2.51. The first-order chi connectivity index (χ1) is 8.12. The minimum atomic E-state index is -0.566. The molecule has 0 aromatic rings. The summed E-state index contributed by atoms with van der Waals surface area (Å²) in [5.74, 6) is -0.475. The third-order valence-corrected chi connectivity index (χ3v) is 2.87. The van der Waals surface area contributed by atoms with Gasteiger partial charge < -0.3 is 19.0 Å². The number of rotatable bonds is 5. The number of aldehydes is 1. The molecular formula is C12H18O5. The van der Waals surface area contributed by atoms with Crippen molar-refractivity contribution < 1.29 is 23.8 Å². The lowest BCUT2D eigenvalue weighted by Gasteiger charge is -2.39. The van der Waals surface area contributed by atoms with Gasteiger partial charge in [-0.05, 0) is 19.8 Å². The summed E-state index contributed by atoms with van der Waals surface area (Å²) >= 11 is 0. The lowest BCUT2D eigenvalue weighted by atomic mass is 9.89. The Morgan fingerprint density at radius 2 is 2.35 bits per heavy atom. The molecule has 0 unspecified atom stereocenters. The Morgan fingerprint density at radius 1 is 1.59 bits per heavy atom. The predicted octanol–water partition coefficient (Wildman–Crippen LogP) is 1.22. The van der Waals surface area contributed by atoms with Crippen LogP contribution in [0.5, 0.6) is 0 Å². The molecule has 1 fully saturated rings. The smallest absolute Gasteiger partial charge is 0.333 e. The van der Waals surface area contributed by atoms with Gasteiger partial charge >= 0.3 is 5.97 Å². The largest absolute Gasteiger partial charge is 0.492 e. The zero-order chi connectivity index (χ0) is 12.7. The molecule has 2 atom stereocenters. The third-order valence-electron chi connectivity index (χ3n) is 2.87. The van der Waals surface area contributed by atoms with Crippen molar-refractivity contribution in [3.05, 3.63) is 12.3 Å². The predicted molar refractivity (Wildman–Crippen MR) is 60.3 cm³/mol. The highest BCUT2D eigenvalue weighted by atomic mass is 16.6. The van der Waals surface area contributed by atoms with Crippen molar-refractivity contribution in [3.8, 4) is 0 Å². The summed E-state index contributed by atoms with van der Waals surface area (Å²) in [4.78, 5) is 21.5. The van der Waals surface area contributed by atoms with Gasteiger partial charge in [-0.25, -0.2) is 4.79 Å². The molecule has 0 aliphatic carbocycles. The normalized spacial score (nSPS) is 28.9. The second-order valence-electron chi connectivity index (χ2n) is 4.12. The molecule has 1 aliphatic rings. The Bertz CT molecular complexity index is 299. The molecule has 0 N–H and O–H groups in total. The van der Waals surface area contributed by atoms with Gasteiger partial charge in [0.1, 0.15) is 18.0 Å². The summed E-state index contributed by atoms with van der Waals surface area (Å²) in [6.07, 6.45) is 5.02. The first kappa shape index (κ1) is 13.7. The number of ether oxygens (including phenoxy) is 3. The Hall–Kier alpha value is -1.36. The van der Waals surface area contributed by atoms with Crippen molar-refractivity contribution >= 4 is 12.3 Å². The van der Waals surface area contributed by atoms with Crippen molar-refractivity contribution in [1.82, 2.24) is 0 Å². The van der Waals surface area contributed by atoms with Gasteiger partial charge in [-0.1, -0.05) is 0 Å². The van der Waals surface area contributed by atoms with Gasteiger partial charge in [-0.2, -0.15) is 0 Å². The zero-order valence-electron chi connectivity index (χ0n) is 10.2. The molecule has 17 heavy (non-hydrogen) atoms. The van der Waals surface area contributed by atoms with Crippen molar-refractivity contribution in [1.29, 1.82) is 0 Å². The van der Waals surface area contributed by atoms with Crippen LogP contribution in [0.2, 0.25) is 0 Å². The van der Waals surface area contributed by atoms with Crippen LogP contribution in [-0.4, -0.2) is 37.7 Å². The zero-order valence-corrected chi connectivity index (χ0v) is 10.2. The lowest BCUT2D eigenvalue weighted by molar-refractivity contribution is -0.147. The maximum atomic E-state index is 10.9. The molecule has 0 aromatic carbocycles. The number of carbonyl (C=O) groups excluding carboxylic acids is 2. The molecule has 0 saturated carbocycles. The molecule has 1 saturated heterocycles. The second-order valence-corrected chi connectivity index (χ2v) is 4.12. The van der Waals surface area contributed by atoms with Crippen molar-refractivity contribution in [2.45, 2.75) is 37.9 Å². The van der Waals surface area contributed by atoms with E-state index >= 15 is 0 Å². The quantitative estimate of drug-likeness (QED) is 0.314. The molecule has 1 heterocycles. The Kier molecular flexibility index (Phi) is 5.15. The number of esters is 1. The number of hydrogen-bond donors (Lipinski definition) is 0. The molecule has 96 valence electrons. The first-order valence-corrected chi connectivity index (χ1v) is 5.60. The van der Waals surface area contributed by atoms with E-state index in [1.54, 1.807) is 0 Å². The standard InChI is InChI=1S/C12H18O5/c1-12(17-9-5-11(14)15-2)6-3-8-16-10(12)4-7-13/h5,7,9-10H,3-4,6,8H2,1-2H3/b9-5+/t10-,12+/m1/s1. The molecular weight excluding hydrogens is 224 g/mol. The molecule has 0 amide bonds. The summed E-state index contributed by atoms with van der Waals surface area (Å²) in [5, 5.41) is 0. The number of carbonyl (C=O) groups is 2. The summed E-state index contributed by atoms with van der Waals surface area (Å²) in [7, 11) is 1.30. The van der Waals surface area contributed by atoms with Crippen LogP contribution in [0.25, 0.3) is 0 Å². The van der Waals surface area contributed by atoms with Crippen LogP contribution in [0.4, 0.5) is 0 Å². The monoisotopic (exact) mass is 242 g/mol. The topological polar surface area (TPSA) is 61.8 Å². The minimum Gasteiger partial charge on any atom is -0.492 e. The van der Waals surface area contributed by atoms with Gasteiger partial charge in [-0.3, -0.25) is 0 Å². The Balaban J connectivity index is 2.59. The fraction of sp³-hybridized carbons (Fsp3) is 0.667. The summed E-state index contributed by atoms with van der Waals surface area (Å²) in [5.41, 5.74) is -0.566. The van der Waals surface area contributed by atoms with E-state index in [0.717, 1.165) is 19.1 Å². The van der Waals surface area contributed by atoms with Crippen LogP contribution >= 0.6 is 0 Å². The molecule has 0 spiro atoms. The molecule has 5 heteroatoms. The van der Waals surface area contributed by atoms with Crippen molar-refractivity contribution in [2.24, 2.45) is 0 Å². The third kappa shape index (κ3) is 3.85. The van der Waals surface area contributed by atoms with E-state index in [1.165, 1.54) is 19.4 Å². The van der Waals surface area contributed by atoms with Gasteiger partial charge in [0.2, 0.25) is 0 Å². The van der Waals surface area contributed by atoms with Crippen LogP contribution in [0.1, 0.15) is 26.2 Å². The number of hydrogen-bond acceptors (Lipinski definition) is 5. The van der Waals surface area contributed by atoms with Gasteiger partial charge in [0.05, 0.1) is 19.4 Å². The average Bonchev–Trinajstić information content (AvgIpc) is 2.32. The van der Waals surface area contributed by atoms with E-state index in [1.807, 2.05) is 6.92 Å². The van der Waals surface area contributed by atoms with Gasteiger partial charge in [0, 0.05) is 13.0 Å². The fourth-order valence-corrected chi connectivity index (χ4v) is 1.84. The van der Waals surface area contributed by atoms with E-state index in [4.69, 9.17) is 9.47 Å². The molecule has 1 rings (SSSR count). The van der Waals surface area contributed by atoms with Gasteiger partial charge in [-0.15, -0.1) is 0 Å². The van der Waals surface area contributed by atoms with E-state index in [0.29, 0.717) is 13.0 Å². The highest BCUT2D eigenvalue weighted by Gasteiger charge is 2.38. The average molecular weight is 242 g/mol. The molecule has 0 radical (unpaired) electrons. The van der Waals surface area contributed by atoms with Crippen molar-refractivity contribution in [2.75, 3.05) is 13.7 Å². The molecule has 5 nitrogen and oxygen atoms in total. The maximum Gasteiger partial charge on any atom is 0.333 e. The van der Waals surface area contributed by atoms with Crippen LogP contribution in [-0.2, 0) is 23.8 Å². The minimum absolute atomic E-state index is 0.268. The second kappa shape index (κ2) is 6.39. The van der Waals surface area contributed by atoms with Crippen LogP contribution < -0.4 is 0 Å². The van der Waals surface area contributed by atoms with E-state index in [2.05, 4.69) is 4.74 Å². The Labute approximate surface area is 101 Å². The maximum absolute atomic E-state index is 10.9. The summed E-state index contributed by atoms with van der Waals surface area (Å²) in [6, 6.07) is 0. The SMILES string of the molecule is COC(=O)/C=C/O[C@@]1(C)CCCO[C@@H]1CC=O. The molecule has 0 bridgehead atoms. The highest BCUT2D eigenvalue weighted by Crippen LogP contribution is 2.30. The highest BCUT2D eigenvalue weighted by molar-refractivity contribution is 5.81. The van der Waals surface area contributed by atoms with Crippen LogP contribution in [0.15, 0.2) is 12.3 Å². The van der Waals surface area contributed by atoms with Crippen LogP contribution in [0.3, 0.4) is 0 Å². The lowest BCUT2D eigenvalue weighted by Crippen LogP contribution is -2.46. The first-order valence-electron chi connectivity index (χ1n) is 5.60. The van der Waals surface area contributed by atoms with E-state index in [-0.39, 0.29) is 6.10 Å². The van der Waals surface area contributed by atoms with E-state index in [9.17, 15) is 9.59 Å². The molecule has 1 aliphatic heterocycles. The molecule has 0 aromatic heterocycles. The van der Waals surface area contributed by atoms with Gasteiger partial charge in [0.15, 0.2) is 0 Å². The number of methoxy groups -OCH3 is 1. The van der Waals surface area contributed by atoms with Crippen LogP contribution in [0, 0.1) is 0 Å². The van der Waals surface area contributed by atoms with Crippen molar-refractivity contribution in [3.63, 3.8) is 0 Å². The van der Waals surface area contributed by atoms with Gasteiger partial charge in [0.25, 0.3) is 0 Å². The van der Waals surface area contributed by atoms with E-state index < -0.39 is 11.6 Å². The summed E-state index contributed by atoms with van der Waals surface area (Å²) < 4.78 is 15.5. The Morgan fingerprint density at radius 3 is 3.00 bits per heavy atom.